The molecule has 0 radical (unpaired) electrons. The Balaban J connectivity index is 1.78. The van der Waals surface area contributed by atoms with E-state index < -0.39 is 11.9 Å². The quantitative estimate of drug-likeness (QED) is 0.906. The van der Waals surface area contributed by atoms with Crippen LogP contribution in [0.3, 0.4) is 0 Å². The summed E-state index contributed by atoms with van der Waals surface area (Å²) in [7, 11) is 0. The molecule has 1 aromatic carbocycles. The molecular weight excluding hydrogens is 298 g/mol. The van der Waals surface area contributed by atoms with E-state index in [0.29, 0.717) is 24.9 Å². The molecule has 1 amide bonds. The van der Waals surface area contributed by atoms with Gasteiger partial charge in [0.25, 0.3) is 5.91 Å². The Morgan fingerprint density at radius 2 is 2.00 bits per heavy atom. The molecule has 2 aromatic rings. The minimum absolute atomic E-state index is 0.147. The lowest BCUT2D eigenvalue weighted by Gasteiger charge is -2.37. The number of benzene rings is 1. The molecule has 1 aliphatic heterocycles. The van der Waals surface area contributed by atoms with Crippen LogP contribution in [0.4, 0.5) is 0 Å². The number of carbonyl (C=O) groups is 2. The van der Waals surface area contributed by atoms with Crippen molar-refractivity contribution in [2.24, 2.45) is 5.92 Å². The summed E-state index contributed by atoms with van der Waals surface area (Å²) in [4.78, 5) is 25.6. The van der Waals surface area contributed by atoms with Crippen LogP contribution in [0.1, 0.15) is 30.1 Å². The van der Waals surface area contributed by atoms with E-state index in [2.05, 4.69) is 15.5 Å². The number of carbonyl (C=O) groups excluding carboxylic acids is 1. The summed E-state index contributed by atoms with van der Waals surface area (Å²) in [6.45, 7) is 2.38. The Hall–Kier alpha value is -2.77. The lowest BCUT2D eigenvalue weighted by atomic mass is 9.90. The van der Waals surface area contributed by atoms with Gasteiger partial charge in [0.05, 0.1) is 11.6 Å². The average molecular weight is 315 g/mol. The summed E-state index contributed by atoms with van der Waals surface area (Å²) in [5, 5.41) is 20.2. The van der Waals surface area contributed by atoms with Crippen LogP contribution in [0.15, 0.2) is 30.6 Å². The number of likely N-dealkylation sites (tertiary alicyclic amines) is 1. The molecule has 1 aliphatic rings. The average Bonchev–Trinajstić information content (AvgIpc) is 3.09. The summed E-state index contributed by atoms with van der Waals surface area (Å²) in [6, 6.07) is 6.61. The highest BCUT2D eigenvalue weighted by molar-refractivity contribution is 5.95. The highest BCUT2D eigenvalue weighted by Crippen LogP contribution is 2.25. The second-order valence-electron chi connectivity index (χ2n) is 5.63. The van der Waals surface area contributed by atoms with Gasteiger partial charge in [-0.1, -0.05) is 0 Å². The predicted molar refractivity (Wildman–Crippen MR) is 80.0 cm³/mol. The van der Waals surface area contributed by atoms with Crippen molar-refractivity contribution in [2.75, 3.05) is 6.54 Å². The van der Waals surface area contributed by atoms with Gasteiger partial charge in [-0.15, -0.1) is 5.10 Å². The number of aromatic nitrogens is 4. The molecule has 0 unspecified atom stereocenters. The number of hydrogen-bond donors (Lipinski definition) is 1. The minimum Gasteiger partial charge on any atom is -0.481 e. The molecule has 120 valence electrons. The Kier molecular flexibility index (Phi) is 4.05. The van der Waals surface area contributed by atoms with Crippen LogP contribution in [0.5, 0.6) is 0 Å². The number of carboxylic acid groups (broad SMARTS) is 1. The highest BCUT2D eigenvalue weighted by Gasteiger charge is 2.35. The minimum atomic E-state index is -0.843. The second kappa shape index (κ2) is 6.15. The third kappa shape index (κ3) is 2.92. The molecule has 0 saturated carbocycles. The van der Waals surface area contributed by atoms with Gasteiger partial charge in [0, 0.05) is 18.2 Å². The fraction of sp³-hybridized carbons (Fsp3) is 0.400. The molecule has 1 aromatic heterocycles. The molecule has 8 nitrogen and oxygen atoms in total. The monoisotopic (exact) mass is 315 g/mol. The van der Waals surface area contributed by atoms with Crippen LogP contribution in [0.2, 0.25) is 0 Å². The van der Waals surface area contributed by atoms with Crippen molar-refractivity contribution in [3.63, 3.8) is 0 Å². The Morgan fingerprint density at radius 1 is 1.26 bits per heavy atom. The summed E-state index contributed by atoms with van der Waals surface area (Å²) in [5.74, 6) is -1.50. The third-order valence-electron chi connectivity index (χ3n) is 4.29. The first-order chi connectivity index (χ1) is 11.1. The van der Waals surface area contributed by atoms with Gasteiger partial charge in [-0.05, 0) is 54.5 Å². The summed E-state index contributed by atoms with van der Waals surface area (Å²) in [6.07, 6.45) is 2.79. The van der Waals surface area contributed by atoms with E-state index in [1.165, 1.54) is 11.0 Å². The smallest absolute Gasteiger partial charge is 0.308 e. The van der Waals surface area contributed by atoms with E-state index in [9.17, 15) is 14.7 Å². The maximum atomic E-state index is 12.7. The SMILES string of the molecule is C[C@@H]1[C@H](C(=O)O)CCCN1C(=O)c1ccc(-n2cnnn2)cc1. The van der Waals surface area contributed by atoms with Crippen LogP contribution >= 0.6 is 0 Å². The fourth-order valence-corrected chi connectivity index (χ4v) is 2.96. The maximum absolute atomic E-state index is 12.7. The van der Waals surface area contributed by atoms with Crippen molar-refractivity contribution >= 4 is 11.9 Å². The number of nitrogens with zero attached hydrogens (tertiary/aromatic N) is 5. The van der Waals surface area contributed by atoms with Crippen molar-refractivity contribution < 1.29 is 14.7 Å². The largest absolute Gasteiger partial charge is 0.481 e. The van der Waals surface area contributed by atoms with Crippen LogP contribution in [0.25, 0.3) is 5.69 Å². The molecule has 2 heterocycles. The molecular formula is C15H17N5O3. The first kappa shape index (κ1) is 15.1. The fourth-order valence-electron chi connectivity index (χ4n) is 2.96. The van der Waals surface area contributed by atoms with E-state index in [4.69, 9.17) is 0 Å². The Labute approximate surface area is 132 Å². The molecule has 1 fully saturated rings. The van der Waals surface area contributed by atoms with Crippen molar-refractivity contribution in [3.05, 3.63) is 36.2 Å². The number of piperidine rings is 1. The second-order valence-corrected chi connectivity index (χ2v) is 5.63. The molecule has 0 spiro atoms. The van der Waals surface area contributed by atoms with E-state index in [1.54, 1.807) is 36.1 Å². The van der Waals surface area contributed by atoms with Gasteiger partial charge in [-0.3, -0.25) is 9.59 Å². The number of aliphatic carboxylic acids is 1. The molecule has 8 heteroatoms. The van der Waals surface area contributed by atoms with Gasteiger partial charge < -0.3 is 10.0 Å². The van der Waals surface area contributed by atoms with Crippen LogP contribution in [-0.4, -0.2) is 54.7 Å². The number of tetrazole rings is 1. The number of carboxylic acids is 1. The standard InChI is InChI=1S/C15H17N5O3/c1-10-13(15(22)23)3-2-8-19(10)14(21)11-4-6-12(7-5-11)20-9-16-17-18-20/h4-7,9-10,13H,2-3,8H2,1H3,(H,22,23)/t10-,13-/m1/s1. The molecule has 1 saturated heterocycles. The zero-order chi connectivity index (χ0) is 16.4. The van der Waals surface area contributed by atoms with Crippen LogP contribution in [0, 0.1) is 5.92 Å². The zero-order valence-corrected chi connectivity index (χ0v) is 12.7. The van der Waals surface area contributed by atoms with Crippen molar-refractivity contribution in [1.82, 2.24) is 25.1 Å². The molecule has 0 aliphatic carbocycles. The summed E-state index contributed by atoms with van der Waals surface area (Å²) in [5.41, 5.74) is 1.28. The molecule has 23 heavy (non-hydrogen) atoms. The van der Waals surface area contributed by atoms with Gasteiger partial charge in [0.2, 0.25) is 0 Å². The number of amides is 1. The van der Waals surface area contributed by atoms with E-state index in [1.807, 2.05) is 0 Å². The molecule has 2 atom stereocenters. The predicted octanol–water partition coefficient (Wildman–Crippen LogP) is 0.988. The van der Waals surface area contributed by atoms with Gasteiger partial charge in [-0.25, -0.2) is 4.68 Å². The summed E-state index contributed by atoms with van der Waals surface area (Å²) >= 11 is 0. The first-order valence-corrected chi connectivity index (χ1v) is 7.45. The van der Waals surface area contributed by atoms with Gasteiger partial charge in [0.1, 0.15) is 6.33 Å². The highest BCUT2D eigenvalue weighted by atomic mass is 16.4. The van der Waals surface area contributed by atoms with Gasteiger partial charge in [0.15, 0.2) is 0 Å². The van der Waals surface area contributed by atoms with Crippen molar-refractivity contribution in [3.8, 4) is 5.69 Å². The molecule has 3 rings (SSSR count). The number of rotatable bonds is 3. The van der Waals surface area contributed by atoms with Gasteiger partial charge >= 0.3 is 5.97 Å². The lowest BCUT2D eigenvalue weighted by Crippen LogP contribution is -2.49. The first-order valence-electron chi connectivity index (χ1n) is 7.45. The van der Waals surface area contributed by atoms with Crippen LogP contribution in [-0.2, 0) is 4.79 Å². The number of hydrogen-bond acceptors (Lipinski definition) is 5. The topological polar surface area (TPSA) is 101 Å². The Morgan fingerprint density at radius 3 is 2.61 bits per heavy atom. The zero-order valence-electron chi connectivity index (χ0n) is 12.7. The van der Waals surface area contributed by atoms with Gasteiger partial charge in [-0.2, -0.15) is 0 Å². The normalized spacial score (nSPS) is 21.2. The molecule has 1 N–H and O–H groups in total. The van der Waals surface area contributed by atoms with Crippen molar-refractivity contribution in [1.29, 1.82) is 0 Å². The lowest BCUT2D eigenvalue weighted by molar-refractivity contribution is -0.144. The van der Waals surface area contributed by atoms with E-state index in [0.717, 1.165) is 5.69 Å². The maximum Gasteiger partial charge on any atom is 0.308 e. The summed E-state index contributed by atoms with van der Waals surface area (Å²) < 4.78 is 1.50. The van der Waals surface area contributed by atoms with Crippen molar-refractivity contribution in [2.45, 2.75) is 25.8 Å². The van der Waals surface area contributed by atoms with E-state index in [-0.39, 0.29) is 11.9 Å². The Bertz CT molecular complexity index is 698. The third-order valence-corrected chi connectivity index (χ3v) is 4.29. The van der Waals surface area contributed by atoms with Crippen LogP contribution < -0.4 is 0 Å². The van der Waals surface area contributed by atoms with E-state index >= 15 is 0 Å². The molecule has 0 bridgehead atoms.